The Labute approximate surface area is 105 Å². The topological polar surface area (TPSA) is 92.1 Å². The number of thiocarbonyl (C=S) groups is 1. The number of sulfonamides is 1. The fraction of sp³-hybridized carbons (Fsp3) is 0.556. The molecule has 3 N–H and O–H groups in total. The maximum Gasteiger partial charge on any atom is 0.260 e. The van der Waals surface area contributed by atoms with Crippen LogP contribution in [-0.2, 0) is 10.0 Å². The van der Waals surface area contributed by atoms with Crippen molar-refractivity contribution >= 4 is 27.2 Å². The summed E-state index contributed by atoms with van der Waals surface area (Å²) in [4.78, 5) is 6.69. The first-order chi connectivity index (χ1) is 8.01. The van der Waals surface area contributed by atoms with Gasteiger partial charge >= 0.3 is 0 Å². The lowest BCUT2D eigenvalue weighted by Crippen LogP contribution is -2.35. The summed E-state index contributed by atoms with van der Waals surface area (Å²) in [7, 11) is -3.49. The number of nitrogens with two attached hydrogens (primary N) is 1. The van der Waals surface area contributed by atoms with Gasteiger partial charge in [0.2, 0.25) is 0 Å². The van der Waals surface area contributed by atoms with Gasteiger partial charge in [0, 0.05) is 19.0 Å². The zero-order valence-electron chi connectivity index (χ0n) is 9.17. The molecule has 1 heterocycles. The summed E-state index contributed by atoms with van der Waals surface area (Å²) in [6.45, 7) is 0.335. The van der Waals surface area contributed by atoms with Crippen LogP contribution in [0.3, 0.4) is 0 Å². The zero-order valence-corrected chi connectivity index (χ0v) is 10.8. The highest BCUT2D eigenvalue weighted by Crippen LogP contribution is 2.31. The molecule has 0 amide bonds. The van der Waals surface area contributed by atoms with Crippen LogP contribution in [0.5, 0.6) is 0 Å². The van der Waals surface area contributed by atoms with Gasteiger partial charge in [-0.3, -0.25) is 0 Å². The standard InChI is InChI=1S/C9H14N4O2S2/c10-8(16)3-4-13(7-1-2-7)17(14,15)9-5-11-6-12-9/h5-7H,1-4H2,(H2,10,16)(H,11,12). The highest BCUT2D eigenvalue weighted by Gasteiger charge is 2.38. The van der Waals surface area contributed by atoms with E-state index in [0.29, 0.717) is 18.0 Å². The van der Waals surface area contributed by atoms with Gasteiger partial charge in [0.05, 0.1) is 17.5 Å². The van der Waals surface area contributed by atoms with E-state index in [2.05, 4.69) is 9.97 Å². The van der Waals surface area contributed by atoms with Gasteiger partial charge < -0.3 is 10.7 Å². The number of imidazole rings is 1. The summed E-state index contributed by atoms with van der Waals surface area (Å²) >= 11 is 4.78. The van der Waals surface area contributed by atoms with E-state index in [9.17, 15) is 8.42 Å². The van der Waals surface area contributed by atoms with E-state index in [-0.39, 0.29) is 11.1 Å². The van der Waals surface area contributed by atoms with Crippen LogP contribution in [0.4, 0.5) is 0 Å². The highest BCUT2D eigenvalue weighted by molar-refractivity contribution is 7.89. The number of hydrogen-bond acceptors (Lipinski definition) is 4. The van der Waals surface area contributed by atoms with Crippen molar-refractivity contribution in [1.29, 1.82) is 0 Å². The Balaban J connectivity index is 2.18. The molecule has 1 aliphatic carbocycles. The zero-order chi connectivity index (χ0) is 12.5. The molecule has 17 heavy (non-hydrogen) atoms. The fourth-order valence-corrected chi connectivity index (χ4v) is 3.27. The average Bonchev–Trinajstić information content (AvgIpc) is 2.92. The molecule has 1 fully saturated rings. The first-order valence-corrected chi connectivity index (χ1v) is 7.15. The maximum absolute atomic E-state index is 12.3. The van der Waals surface area contributed by atoms with Crippen LogP contribution in [0.25, 0.3) is 0 Å². The molecule has 94 valence electrons. The number of hydrogen-bond donors (Lipinski definition) is 2. The van der Waals surface area contributed by atoms with Gasteiger partial charge in [-0.25, -0.2) is 13.4 Å². The molecule has 0 radical (unpaired) electrons. The second-order valence-corrected chi connectivity index (χ2v) is 6.36. The molecule has 1 aromatic rings. The van der Waals surface area contributed by atoms with Gasteiger partial charge in [0.25, 0.3) is 10.0 Å². The number of aromatic nitrogens is 2. The number of H-pyrrole nitrogens is 1. The van der Waals surface area contributed by atoms with Gasteiger partial charge in [-0.15, -0.1) is 0 Å². The van der Waals surface area contributed by atoms with Gasteiger partial charge in [-0.1, -0.05) is 12.2 Å². The first kappa shape index (κ1) is 12.5. The largest absolute Gasteiger partial charge is 0.393 e. The van der Waals surface area contributed by atoms with Crippen LogP contribution >= 0.6 is 12.2 Å². The van der Waals surface area contributed by atoms with E-state index in [0.717, 1.165) is 12.8 Å². The Bertz CT molecular complexity index is 493. The third-order valence-electron chi connectivity index (χ3n) is 2.59. The molecule has 0 unspecified atom stereocenters. The van der Waals surface area contributed by atoms with Crippen molar-refractivity contribution in [1.82, 2.24) is 14.3 Å². The molecule has 1 saturated carbocycles. The lowest BCUT2D eigenvalue weighted by molar-refractivity contribution is 0.411. The summed E-state index contributed by atoms with van der Waals surface area (Å²) in [5.74, 6) is 0. The number of nitrogens with one attached hydrogen (secondary N) is 1. The average molecular weight is 274 g/mol. The third kappa shape index (κ3) is 2.82. The monoisotopic (exact) mass is 274 g/mol. The van der Waals surface area contributed by atoms with Crippen molar-refractivity contribution in [3.05, 3.63) is 12.5 Å². The lowest BCUT2D eigenvalue weighted by Gasteiger charge is -2.20. The Hall–Kier alpha value is -0.990. The second kappa shape index (κ2) is 4.71. The van der Waals surface area contributed by atoms with Crippen LogP contribution in [0, 0.1) is 0 Å². The summed E-state index contributed by atoms with van der Waals surface area (Å²) in [5, 5.41) is 0.118. The molecule has 0 aromatic carbocycles. The van der Waals surface area contributed by atoms with Crippen molar-refractivity contribution < 1.29 is 8.42 Å². The minimum Gasteiger partial charge on any atom is -0.393 e. The SMILES string of the molecule is NC(=S)CCN(C1CC1)S(=O)(=O)c1cnc[nH]1. The minimum atomic E-state index is -3.49. The molecule has 0 atom stereocenters. The van der Waals surface area contributed by atoms with Gasteiger partial charge in [-0.05, 0) is 12.8 Å². The third-order valence-corrected chi connectivity index (χ3v) is 4.67. The van der Waals surface area contributed by atoms with Gasteiger partial charge in [0.1, 0.15) is 0 Å². The van der Waals surface area contributed by atoms with Crippen molar-refractivity contribution in [3.8, 4) is 0 Å². The van der Waals surface area contributed by atoms with E-state index in [1.807, 2.05) is 0 Å². The van der Waals surface area contributed by atoms with Crippen LogP contribution < -0.4 is 5.73 Å². The Morgan fingerprint density at radius 2 is 2.35 bits per heavy atom. The van der Waals surface area contributed by atoms with E-state index in [4.69, 9.17) is 18.0 Å². The molecule has 6 nitrogen and oxygen atoms in total. The summed E-state index contributed by atoms with van der Waals surface area (Å²) in [5.41, 5.74) is 5.41. The molecule has 8 heteroatoms. The van der Waals surface area contributed by atoms with E-state index >= 15 is 0 Å². The number of rotatable bonds is 6. The predicted molar refractivity (Wildman–Crippen MR) is 66.9 cm³/mol. The lowest BCUT2D eigenvalue weighted by atomic mass is 10.4. The Morgan fingerprint density at radius 1 is 1.65 bits per heavy atom. The summed E-state index contributed by atoms with van der Waals surface area (Å²) in [6, 6.07) is 0.0812. The van der Waals surface area contributed by atoms with Crippen molar-refractivity contribution in [2.24, 2.45) is 5.73 Å². The molecule has 2 rings (SSSR count). The van der Waals surface area contributed by atoms with Crippen molar-refractivity contribution in [2.75, 3.05) is 6.54 Å². The van der Waals surface area contributed by atoms with E-state index < -0.39 is 10.0 Å². The van der Waals surface area contributed by atoms with Gasteiger partial charge in [0.15, 0.2) is 5.03 Å². The molecule has 0 aliphatic heterocycles. The minimum absolute atomic E-state index is 0.0812. The quantitative estimate of drug-likeness (QED) is 0.725. The van der Waals surface area contributed by atoms with Crippen molar-refractivity contribution in [3.63, 3.8) is 0 Å². The van der Waals surface area contributed by atoms with Crippen LogP contribution in [0.2, 0.25) is 0 Å². The summed E-state index contributed by atoms with van der Waals surface area (Å²) < 4.78 is 26.0. The molecule has 0 bridgehead atoms. The van der Waals surface area contributed by atoms with Crippen LogP contribution in [0.1, 0.15) is 19.3 Å². The molecule has 0 saturated heterocycles. The molecule has 1 aliphatic rings. The van der Waals surface area contributed by atoms with Crippen LogP contribution in [-0.4, -0.2) is 40.3 Å². The highest BCUT2D eigenvalue weighted by atomic mass is 32.2. The van der Waals surface area contributed by atoms with Crippen molar-refractivity contribution in [2.45, 2.75) is 30.3 Å². The summed E-state index contributed by atoms with van der Waals surface area (Å²) in [6.07, 6.45) is 4.85. The Kier molecular flexibility index (Phi) is 3.45. The molecule has 0 spiro atoms. The van der Waals surface area contributed by atoms with Crippen LogP contribution in [0.15, 0.2) is 17.6 Å². The number of nitrogens with zero attached hydrogens (tertiary/aromatic N) is 2. The normalized spacial score (nSPS) is 16.3. The predicted octanol–water partition coefficient (Wildman–Crippen LogP) is 0.239. The smallest absolute Gasteiger partial charge is 0.260 e. The van der Waals surface area contributed by atoms with E-state index in [1.54, 1.807) is 0 Å². The molecule has 1 aromatic heterocycles. The fourth-order valence-electron chi connectivity index (χ4n) is 1.59. The number of aromatic amines is 1. The maximum atomic E-state index is 12.3. The first-order valence-electron chi connectivity index (χ1n) is 5.30. The van der Waals surface area contributed by atoms with E-state index in [1.165, 1.54) is 16.8 Å². The van der Waals surface area contributed by atoms with Gasteiger partial charge in [-0.2, -0.15) is 4.31 Å². The molecular formula is C9H14N4O2S2. The molecular weight excluding hydrogens is 260 g/mol. The second-order valence-electron chi connectivity index (χ2n) is 3.98. The Morgan fingerprint density at radius 3 is 2.82 bits per heavy atom.